The van der Waals surface area contributed by atoms with Crippen molar-refractivity contribution in [2.45, 2.75) is 6.92 Å². The molecule has 1 aromatic carbocycles. The molecule has 21 heavy (non-hydrogen) atoms. The number of amides is 2. The maximum Gasteiger partial charge on any atom is 0.266 e. The summed E-state index contributed by atoms with van der Waals surface area (Å²) >= 11 is 4.74. The van der Waals surface area contributed by atoms with Crippen LogP contribution in [0.5, 0.6) is 0 Å². The van der Waals surface area contributed by atoms with E-state index in [0.29, 0.717) is 17.1 Å². The molecule has 0 atom stereocenters. The number of halogens is 1. The van der Waals surface area contributed by atoms with Crippen LogP contribution >= 0.6 is 27.3 Å². The molecular formula is C14H16BrN3O2S. The van der Waals surface area contributed by atoms with Gasteiger partial charge in [-0.2, -0.15) is 0 Å². The van der Waals surface area contributed by atoms with E-state index in [1.54, 1.807) is 7.05 Å². The van der Waals surface area contributed by atoms with Crippen molar-refractivity contribution in [3.8, 4) is 0 Å². The van der Waals surface area contributed by atoms with Gasteiger partial charge in [-0.1, -0.05) is 22.0 Å². The molecule has 0 spiro atoms. The number of nitrogens with two attached hydrogens (primary N) is 1. The number of anilines is 1. The first-order chi connectivity index (χ1) is 9.93. The Labute approximate surface area is 135 Å². The van der Waals surface area contributed by atoms with Crippen LogP contribution in [0.4, 0.5) is 5.69 Å². The fourth-order valence-electron chi connectivity index (χ4n) is 1.96. The largest absolute Gasteiger partial charge is 0.397 e. The smallest absolute Gasteiger partial charge is 0.266 e. The maximum atomic E-state index is 12.4. The number of thiophene rings is 1. The quantitative estimate of drug-likeness (QED) is 0.868. The fourth-order valence-corrected chi connectivity index (χ4v) is 3.63. The van der Waals surface area contributed by atoms with Crippen molar-refractivity contribution in [2.75, 3.05) is 25.9 Å². The zero-order valence-electron chi connectivity index (χ0n) is 11.8. The number of rotatable bonds is 4. The molecule has 0 aliphatic heterocycles. The fraction of sp³-hybridized carbons (Fsp3) is 0.286. The van der Waals surface area contributed by atoms with Crippen LogP contribution < -0.4 is 11.1 Å². The van der Waals surface area contributed by atoms with Crippen LogP contribution in [0, 0.1) is 0 Å². The first-order valence-electron chi connectivity index (χ1n) is 6.43. The second kappa shape index (κ2) is 6.44. The molecule has 0 radical (unpaired) electrons. The molecule has 3 N–H and O–H groups in total. The predicted octanol–water partition coefficient (Wildman–Crippen LogP) is 2.45. The molecule has 0 unspecified atom stereocenters. The predicted molar refractivity (Wildman–Crippen MR) is 89.6 cm³/mol. The molecule has 2 rings (SSSR count). The maximum absolute atomic E-state index is 12.4. The van der Waals surface area contributed by atoms with Gasteiger partial charge in [0.25, 0.3) is 5.91 Å². The monoisotopic (exact) mass is 369 g/mol. The van der Waals surface area contributed by atoms with E-state index in [9.17, 15) is 9.59 Å². The lowest BCUT2D eigenvalue weighted by Crippen LogP contribution is -2.38. The van der Waals surface area contributed by atoms with Crippen LogP contribution in [0.25, 0.3) is 10.1 Å². The number of carbonyl (C=O) groups excluding carboxylic acids is 2. The van der Waals surface area contributed by atoms with E-state index in [2.05, 4.69) is 21.2 Å². The van der Waals surface area contributed by atoms with E-state index in [4.69, 9.17) is 5.73 Å². The van der Waals surface area contributed by atoms with Crippen molar-refractivity contribution >= 4 is 54.9 Å². The molecule has 0 aliphatic rings. The number of benzene rings is 1. The van der Waals surface area contributed by atoms with E-state index in [-0.39, 0.29) is 18.4 Å². The molecule has 1 heterocycles. The highest BCUT2D eigenvalue weighted by atomic mass is 79.9. The van der Waals surface area contributed by atoms with Crippen molar-refractivity contribution in [1.29, 1.82) is 0 Å². The van der Waals surface area contributed by atoms with Crippen LogP contribution in [0.3, 0.4) is 0 Å². The van der Waals surface area contributed by atoms with Gasteiger partial charge in [0, 0.05) is 28.2 Å². The molecule has 0 saturated carbocycles. The number of nitrogen functional groups attached to an aromatic ring is 1. The molecular weight excluding hydrogens is 354 g/mol. The molecule has 0 fully saturated rings. The van der Waals surface area contributed by atoms with Gasteiger partial charge in [-0.05, 0) is 19.1 Å². The van der Waals surface area contributed by atoms with Crippen LogP contribution in [-0.4, -0.2) is 36.9 Å². The summed E-state index contributed by atoms with van der Waals surface area (Å²) in [6.07, 6.45) is 0. The zero-order valence-corrected chi connectivity index (χ0v) is 14.2. The second-order valence-electron chi connectivity index (χ2n) is 4.60. The summed E-state index contributed by atoms with van der Waals surface area (Å²) in [6.45, 7) is 2.39. The Balaban J connectivity index is 2.26. The molecule has 0 saturated heterocycles. The molecule has 5 nitrogen and oxygen atoms in total. The van der Waals surface area contributed by atoms with Gasteiger partial charge in [0.05, 0.1) is 12.2 Å². The summed E-state index contributed by atoms with van der Waals surface area (Å²) in [5.41, 5.74) is 6.53. The van der Waals surface area contributed by atoms with Crippen molar-refractivity contribution in [3.63, 3.8) is 0 Å². The van der Waals surface area contributed by atoms with Crippen molar-refractivity contribution < 1.29 is 9.59 Å². The highest BCUT2D eigenvalue weighted by Gasteiger charge is 2.21. The van der Waals surface area contributed by atoms with Gasteiger partial charge in [0.15, 0.2) is 0 Å². The molecule has 0 aliphatic carbocycles. The first-order valence-corrected chi connectivity index (χ1v) is 8.04. The number of likely N-dealkylation sites (N-methyl/N-ethyl adjacent to an activating group) is 2. The third-order valence-corrected chi connectivity index (χ3v) is 4.64. The SMILES string of the molecule is CCNC(=O)CN(C)C(=O)c1sc2cc(Br)ccc2c1N. The Morgan fingerprint density at radius 3 is 2.81 bits per heavy atom. The van der Waals surface area contributed by atoms with E-state index >= 15 is 0 Å². The number of nitrogens with one attached hydrogen (secondary N) is 1. The minimum Gasteiger partial charge on any atom is -0.397 e. The summed E-state index contributed by atoms with van der Waals surface area (Å²) in [5.74, 6) is -0.424. The number of hydrogen-bond acceptors (Lipinski definition) is 4. The zero-order chi connectivity index (χ0) is 15.6. The Hall–Kier alpha value is -1.60. The van der Waals surface area contributed by atoms with Gasteiger partial charge in [-0.25, -0.2) is 0 Å². The summed E-state index contributed by atoms with van der Waals surface area (Å²) in [7, 11) is 1.59. The van der Waals surface area contributed by atoms with Crippen LogP contribution in [0.2, 0.25) is 0 Å². The topological polar surface area (TPSA) is 75.4 Å². The summed E-state index contributed by atoms with van der Waals surface area (Å²) in [4.78, 5) is 25.8. The molecule has 2 aromatic rings. The number of carbonyl (C=O) groups is 2. The summed E-state index contributed by atoms with van der Waals surface area (Å²) in [5, 5.41) is 3.52. The lowest BCUT2D eigenvalue weighted by atomic mass is 10.2. The van der Waals surface area contributed by atoms with Gasteiger partial charge in [0.1, 0.15) is 4.88 Å². The third-order valence-electron chi connectivity index (χ3n) is 2.99. The Bertz CT molecular complexity index is 699. The van der Waals surface area contributed by atoms with Crippen molar-refractivity contribution in [1.82, 2.24) is 10.2 Å². The average molecular weight is 370 g/mol. The standard InChI is InChI=1S/C14H16BrN3O2S/c1-3-17-11(19)7-18(2)14(20)13-12(16)9-5-4-8(15)6-10(9)21-13/h4-6H,3,7,16H2,1-2H3,(H,17,19). The summed E-state index contributed by atoms with van der Waals surface area (Å²) in [6, 6.07) is 5.70. The third kappa shape index (κ3) is 3.36. The van der Waals surface area contributed by atoms with Gasteiger partial charge in [-0.15, -0.1) is 11.3 Å². The second-order valence-corrected chi connectivity index (χ2v) is 6.57. The van der Waals surface area contributed by atoms with Crippen LogP contribution in [0.1, 0.15) is 16.6 Å². The van der Waals surface area contributed by atoms with E-state index < -0.39 is 0 Å². The van der Waals surface area contributed by atoms with Gasteiger partial charge >= 0.3 is 0 Å². The Kier molecular flexibility index (Phi) is 4.84. The van der Waals surface area contributed by atoms with Crippen LogP contribution in [-0.2, 0) is 4.79 Å². The molecule has 0 bridgehead atoms. The normalized spacial score (nSPS) is 10.6. The van der Waals surface area contributed by atoms with Crippen molar-refractivity contribution in [3.05, 3.63) is 27.5 Å². The van der Waals surface area contributed by atoms with E-state index in [1.807, 2.05) is 25.1 Å². The minimum atomic E-state index is -0.240. The highest BCUT2D eigenvalue weighted by Crippen LogP contribution is 2.35. The summed E-state index contributed by atoms with van der Waals surface area (Å²) < 4.78 is 1.88. The molecule has 112 valence electrons. The van der Waals surface area contributed by atoms with Crippen LogP contribution in [0.15, 0.2) is 22.7 Å². The molecule has 7 heteroatoms. The minimum absolute atomic E-state index is 0.0179. The van der Waals surface area contributed by atoms with Gasteiger partial charge < -0.3 is 16.0 Å². The van der Waals surface area contributed by atoms with E-state index in [0.717, 1.165) is 14.6 Å². The first kappa shape index (κ1) is 15.8. The van der Waals surface area contributed by atoms with E-state index in [1.165, 1.54) is 16.2 Å². The lowest BCUT2D eigenvalue weighted by molar-refractivity contribution is -0.121. The number of fused-ring (bicyclic) bond motifs is 1. The number of nitrogens with zero attached hydrogens (tertiary/aromatic N) is 1. The Morgan fingerprint density at radius 2 is 2.14 bits per heavy atom. The Morgan fingerprint density at radius 1 is 1.43 bits per heavy atom. The van der Waals surface area contributed by atoms with Gasteiger partial charge in [-0.3, -0.25) is 9.59 Å². The lowest BCUT2D eigenvalue weighted by Gasteiger charge is -2.15. The van der Waals surface area contributed by atoms with Gasteiger partial charge in [0.2, 0.25) is 5.91 Å². The molecule has 2 amide bonds. The highest BCUT2D eigenvalue weighted by molar-refractivity contribution is 9.10. The molecule has 1 aromatic heterocycles. The number of hydrogen-bond donors (Lipinski definition) is 2. The average Bonchev–Trinajstić information content (AvgIpc) is 2.74. The van der Waals surface area contributed by atoms with Crippen molar-refractivity contribution in [2.24, 2.45) is 0 Å².